The van der Waals surface area contributed by atoms with E-state index < -0.39 is 0 Å². The quantitative estimate of drug-likeness (QED) is 0.191. The van der Waals surface area contributed by atoms with Crippen LogP contribution >= 0.6 is 12.6 Å². The highest BCUT2D eigenvalue weighted by Crippen LogP contribution is 1.68. The van der Waals surface area contributed by atoms with Gasteiger partial charge in [0.1, 0.15) is 0 Å². The van der Waals surface area contributed by atoms with Crippen LogP contribution < -0.4 is 5.73 Å². The number of thiol groups is 1. The molecular formula is C2H3N3S. The van der Waals surface area contributed by atoms with Gasteiger partial charge in [0.2, 0.25) is 6.19 Å². The molecule has 0 aromatic heterocycles. The Morgan fingerprint density at radius 2 is 2.50 bits per heavy atom. The number of hydrogen-bond donors (Lipinski definition) is 2. The number of aliphatic imine (C=N–C) groups is 1. The predicted molar refractivity (Wildman–Crippen MR) is 26.2 cm³/mol. The number of rotatable bonds is 0. The summed E-state index contributed by atoms with van der Waals surface area (Å²) in [5, 5.41) is 7.67. The lowest BCUT2D eigenvalue weighted by molar-refractivity contribution is 1.44. The molecule has 0 unspecified atom stereocenters. The molecular weight excluding hydrogens is 98.1 g/mol. The van der Waals surface area contributed by atoms with Crippen molar-refractivity contribution in [2.75, 3.05) is 0 Å². The van der Waals surface area contributed by atoms with E-state index >= 15 is 0 Å². The van der Waals surface area contributed by atoms with E-state index in [0.29, 0.717) is 0 Å². The summed E-state index contributed by atoms with van der Waals surface area (Å²) < 4.78 is 0. The molecule has 0 bridgehead atoms. The number of nitrogens with zero attached hydrogens (tertiary/aromatic N) is 2. The van der Waals surface area contributed by atoms with Gasteiger partial charge in [0.25, 0.3) is 0 Å². The molecule has 0 radical (unpaired) electrons. The summed E-state index contributed by atoms with van der Waals surface area (Å²) in [6.07, 6.45) is 1.45. The Kier molecular flexibility index (Phi) is 2.25. The van der Waals surface area contributed by atoms with Gasteiger partial charge in [-0.1, -0.05) is 0 Å². The van der Waals surface area contributed by atoms with Crippen molar-refractivity contribution >= 4 is 17.8 Å². The molecule has 0 spiro atoms. The SMILES string of the molecule is N#C/N=C(\N)S. The lowest BCUT2D eigenvalue weighted by Crippen LogP contribution is -1.99. The third-order valence-electron chi connectivity index (χ3n) is 0.165. The highest BCUT2D eigenvalue weighted by atomic mass is 32.1. The van der Waals surface area contributed by atoms with E-state index in [1.54, 1.807) is 0 Å². The molecule has 32 valence electrons. The maximum absolute atomic E-state index is 7.67. The molecule has 0 saturated heterocycles. The fraction of sp³-hybridized carbons (Fsp3) is 0. The van der Waals surface area contributed by atoms with Crippen molar-refractivity contribution in [1.29, 1.82) is 5.26 Å². The molecule has 0 saturated carbocycles. The largest absolute Gasteiger partial charge is 0.378 e. The molecule has 6 heavy (non-hydrogen) atoms. The maximum atomic E-state index is 7.67. The number of nitriles is 1. The van der Waals surface area contributed by atoms with Crippen LogP contribution in [0, 0.1) is 11.5 Å². The number of nitrogens with two attached hydrogens (primary N) is 1. The maximum Gasteiger partial charge on any atom is 0.208 e. The van der Waals surface area contributed by atoms with Crippen LogP contribution in [0.25, 0.3) is 0 Å². The molecule has 0 amide bonds. The minimum atomic E-state index is -0.00231. The van der Waals surface area contributed by atoms with Crippen LogP contribution in [0.4, 0.5) is 0 Å². The van der Waals surface area contributed by atoms with Crippen molar-refractivity contribution in [3.63, 3.8) is 0 Å². The molecule has 0 aromatic carbocycles. The Labute approximate surface area is 40.9 Å². The molecule has 0 fully saturated rings. The number of hydrogen-bond acceptors (Lipinski definition) is 2. The Morgan fingerprint density at radius 1 is 2.00 bits per heavy atom. The molecule has 0 aromatic rings. The zero-order chi connectivity index (χ0) is 4.99. The Morgan fingerprint density at radius 3 is 2.50 bits per heavy atom. The monoisotopic (exact) mass is 101 g/mol. The minimum absolute atomic E-state index is 0.00231. The molecule has 0 aliphatic rings. The van der Waals surface area contributed by atoms with E-state index in [1.807, 2.05) is 0 Å². The van der Waals surface area contributed by atoms with Gasteiger partial charge in [-0.15, -0.1) is 17.6 Å². The summed E-state index contributed by atoms with van der Waals surface area (Å²) in [6.45, 7) is 0. The van der Waals surface area contributed by atoms with Crippen molar-refractivity contribution in [2.45, 2.75) is 0 Å². The summed E-state index contributed by atoms with van der Waals surface area (Å²) >= 11 is 3.48. The van der Waals surface area contributed by atoms with E-state index in [2.05, 4.69) is 17.6 Å². The van der Waals surface area contributed by atoms with E-state index in [9.17, 15) is 0 Å². The van der Waals surface area contributed by atoms with E-state index in [0.717, 1.165) is 0 Å². The molecule has 4 heteroatoms. The minimum Gasteiger partial charge on any atom is -0.378 e. The zero-order valence-corrected chi connectivity index (χ0v) is 3.81. The Hall–Kier alpha value is -0.690. The van der Waals surface area contributed by atoms with Gasteiger partial charge in [0.15, 0.2) is 5.17 Å². The second-order valence-corrected chi connectivity index (χ2v) is 1.03. The van der Waals surface area contributed by atoms with Crippen LogP contribution in [0.2, 0.25) is 0 Å². The fourth-order valence-electron chi connectivity index (χ4n) is 0.0512. The molecule has 0 heterocycles. The van der Waals surface area contributed by atoms with E-state index in [4.69, 9.17) is 11.0 Å². The van der Waals surface area contributed by atoms with Crippen molar-refractivity contribution in [3.05, 3.63) is 0 Å². The van der Waals surface area contributed by atoms with Gasteiger partial charge in [-0.3, -0.25) is 0 Å². The van der Waals surface area contributed by atoms with Crippen LogP contribution in [0.15, 0.2) is 4.99 Å². The molecule has 2 N–H and O–H groups in total. The molecule has 0 rings (SSSR count). The first-order valence-corrected chi connectivity index (χ1v) is 1.63. The van der Waals surface area contributed by atoms with E-state index in [-0.39, 0.29) is 5.17 Å². The number of amidine groups is 1. The predicted octanol–water partition coefficient (Wildman–Crippen LogP) is -0.288. The first kappa shape index (κ1) is 5.31. The standard InChI is InChI=1S/C2H3N3S/c3-1-5-2(4)6/h(H3,4,5,6). The van der Waals surface area contributed by atoms with Crippen molar-refractivity contribution in [3.8, 4) is 6.19 Å². The average molecular weight is 101 g/mol. The van der Waals surface area contributed by atoms with Gasteiger partial charge in [-0.2, -0.15) is 5.26 Å². The normalized spacial score (nSPS) is 10.3. The van der Waals surface area contributed by atoms with Crippen LogP contribution in [-0.2, 0) is 0 Å². The van der Waals surface area contributed by atoms with Crippen LogP contribution in [-0.4, -0.2) is 5.17 Å². The zero-order valence-electron chi connectivity index (χ0n) is 2.92. The average Bonchev–Trinajstić information content (AvgIpc) is 1.35. The van der Waals surface area contributed by atoms with Crippen molar-refractivity contribution in [2.24, 2.45) is 10.7 Å². The van der Waals surface area contributed by atoms with Crippen molar-refractivity contribution < 1.29 is 0 Å². The van der Waals surface area contributed by atoms with Crippen molar-refractivity contribution in [1.82, 2.24) is 0 Å². The first-order chi connectivity index (χ1) is 2.77. The third-order valence-corrected chi connectivity index (χ3v) is 0.265. The molecule has 0 aliphatic heterocycles. The summed E-state index contributed by atoms with van der Waals surface area (Å²) in [4.78, 5) is 2.99. The smallest absolute Gasteiger partial charge is 0.208 e. The van der Waals surface area contributed by atoms with Gasteiger partial charge in [-0.25, -0.2) is 0 Å². The topological polar surface area (TPSA) is 62.2 Å². The van der Waals surface area contributed by atoms with Crippen LogP contribution in [0.3, 0.4) is 0 Å². The molecule has 3 nitrogen and oxygen atoms in total. The van der Waals surface area contributed by atoms with Gasteiger partial charge < -0.3 is 5.73 Å². The van der Waals surface area contributed by atoms with E-state index in [1.165, 1.54) is 6.19 Å². The Balaban J connectivity index is 3.51. The van der Waals surface area contributed by atoms with Gasteiger partial charge >= 0.3 is 0 Å². The lowest BCUT2D eigenvalue weighted by Gasteiger charge is -1.71. The second kappa shape index (κ2) is 2.54. The highest BCUT2D eigenvalue weighted by Gasteiger charge is 1.69. The lowest BCUT2D eigenvalue weighted by atomic mass is 11.2. The summed E-state index contributed by atoms with van der Waals surface area (Å²) in [6, 6.07) is 0. The van der Waals surface area contributed by atoms with Crippen LogP contribution in [0.5, 0.6) is 0 Å². The first-order valence-electron chi connectivity index (χ1n) is 1.18. The van der Waals surface area contributed by atoms with Gasteiger partial charge in [0, 0.05) is 0 Å². The third kappa shape index (κ3) is 3.31. The second-order valence-electron chi connectivity index (χ2n) is 0.570. The fourth-order valence-corrected chi connectivity index (χ4v) is 0.0959. The highest BCUT2D eigenvalue weighted by molar-refractivity contribution is 7.96. The summed E-state index contributed by atoms with van der Waals surface area (Å²) in [5.41, 5.74) is 4.79. The van der Waals surface area contributed by atoms with Gasteiger partial charge in [0.05, 0.1) is 0 Å². The summed E-state index contributed by atoms with van der Waals surface area (Å²) in [7, 11) is 0. The van der Waals surface area contributed by atoms with Crippen LogP contribution in [0.1, 0.15) is 0 Å². The molecule has 0 aliphatic carbocycles. The molecule has 0 atom stereocenters. The Bertz CT molecular complexity index is 95.9. The summed E-state index contributed by atoms with van der Waals surface area (Å²) in [5.74, 6) is 0. The van der Waals surface area contributed by atoms with Gasteiger partial charge in [-0.05, 0) is 0 Å².